The van der Waals surface area contributed by atoms with Crippen LogP contribution in [0.5, 0.6) is 0 Å². The van der Waals surface area contributed by atoms with E-state index >= 15 is 0 Å². The SMILES string of the molecule is c1ccc(-c2nc3n(c2-c2ccc4c(c2)c2ccccc2n4-c2ccccc2)-c2ccccc2C3)cc1. The molecule has 0 unspecified atom stereocenters. The summed E-state index contributed by atoms with van der Waals surface area (Å²) in [5, 5.41) is 2.50. The van der Waals surface area contributed by atoms with Gasteiger partial charge in [-0.1, -0.05) is 91.0 Å². The highest BCUT2D eigenvalue weighted by atomic mass is 15.1. The van der Waals surface area contributed by atoms with Gasteiger partial charge in [-0.15, -0.1) is 0 Å². The summed E-state index contributed by atoms with van der Waals surface area (Å²) < 4.78 is 4.73. The molecule has 0 spiro atoms. The first-order valence-corrected chi connectivity index (χ1v) is 12.7. The Bertz CT molecular complexity index is 1940. The fourth-order valence-electron chi connectivity index (χ4n) is 5.93. The Balaban J connectivity index is 1.44. The van der Waals surface area contributed by atoms with Crippen LogP contribution in [0.2, 0.25) is 0 Å². The average Bonchev–Trinajstić information content (AvgIpc) is 3.61. The summed E-state index contributed by atoms with van der Waals surface area (Å²) in [5.41, 5.74) is 10.7. The summed E-state index contributed by atoms with van der Waals surface area (Å²) in [6.07, 6.45) is 0.853. The molecule has 0 fully saturated rings. The Labute approximate surface area is 214 Å². The molecule has 3 heterocycles. The molecule has 0 atom stereocenters. The maximum absolute atomic E-state index is 5.21. The van der Waals surface area contributed by atoms with Crippen LogP contribution < -0.4 is 0 Å². The molecule has 174 valence electrons. The van der Waals surface area contributed by atoms with E-state index < -0.39 is 0 Å². The molecular weight excluding hydrogens is 450 g/mol. The number of fused-ring (bicyclic) bond motifs is 6. The van der Waals surface area contributed by atoms with Crippen molar-refractivity contribution in [2.45, 2.75) is 6.42 Å². The molecule has 3 heteroatoms. The zero-order valence-electron chi connectivity index (χ0n) is 20.2. The Hall–Kier alpha value is -4.89. The number of hydrogen-bond acceptors (Lipinski definition) is 1. The van der Waals surface area contributed by atoms with Crippen LogP contribution in [0, 0.1) is 0 Å². The van der Waals surface area contributed by atoms with Crippen molar-refractivity contribution in [3.63, 3.8) is 0 Å². The van der Waals surface area contributed by atoms with Crippen molar-refractivity contribution in [3.8, 4) is 33.9 Å². The zero-order valence-corrected chi connectivity index (χ0v) is 20.2. The van der Waals surface area contributed by atoms with Gasteiger partial charge in [0.25, 0.3) is 0 Å². The lowest BCUT2D eigenvalue weighted by atomic mass is 10.0. The summed E-state index contributed by atoms with van der Waals surface area (Å²) in [5.74, 6) is 1.10. The summed E-state index contributed by atoms with van der Waals surface area (Å²) in [4.78, 5) is 5.21. The first-order valence-electron chi connectivity index (χ1n) is 12.7. The van der Waals surface area contributed by atoms with E-state index in [1.807, 2.05) is 0 Å². The number of hydrogen-bond donors (Lipinski definition) is 0. The van der Waals surface area contributed by atoms with Crippen LogP contribution in [0.1, 0.15) is 11.4 Å². The molecule has 0 bridgehead atoms. The second-order valence-corrected chi connectivity index (χ2v) is 9.65. The summed E-state index contributed by atoms with van der Waals surface area (Å²) in [7, 11) is 0. The van der Waals surface area contributed by atoms with Gasteiger partial charge in [0.15, 0.2) is 0 Å². The van der Waals surface area contributed by atoms with E-state index in [0.717, 1.165) is 29.2 Å². The van der Waals surface area contributed by atoms with E-state index in [1.165, 1.54) is 44.3 Å². The third-order valence-electron chi connectivity index (χ3n) is 7.54. The van der Waals surface area contributed by atoms with Gasteiger partial charge in [-0.25, -0.2) is 4.98 Å². The average molecular weight is 474 g/mol. The molecule has 2 aromatic heterocycles. The van der Waals surface area contributed by atoms with Crippen molar-refractivity contribution in [1.29, 1.82) is 0 Å². The normalized spacial score (nSPS) is 12.2. The first-order chi connectivity index (χ1) is 18.4. The predicted octanol–water partition coefficient (Wildman–Crippen LogP) is 8.21. The topological polar surface area (TPSA) is 22.8 Å². The van der Waals surface area contributed by atoms with Crippen LogP contribution >= 0.6 is 0 Å². The zero-order chi connectivity index (χ0) is 24.3. The third kappa shape index (κ3) is 2.98. The molecule has 0 N–H and O–H groups in total. The highest BCUT2D eigenvalue weighted by Crippen LogP contribution is 2.42. The first kappa shape index (κ1) is 20.3. The molecule has 37 heavy (non-hydrogen) atoms. The molecule has 3 nitrogen and oxygen atoms in total. The molecule has 7 aromatic rings. The molecule has 0 radical (unpaired) electrons. The Morgan fingerprint density at radius 2 is 1.24 bits per heavy atom. The van der Waals surface area contributed by atoms with E-state index in [2.05, 4.69) is 137 Å². The number of aromatic nitrogens is 3. The number of para-hydroxylation sites is 3. The predicted molar refractivity (Wildman–Crippen MR) is 152 cm³/mol. The van der Waals surface area contributed by atoms with E-state index in [-0.39, 0.29) is 0 Å². The van der Waals surface area contributed by atoms with Crippen LogP contribution in [-0.2, 0) is 6.42 Å². The summed E-state index contributed by atoms with van der Waals surface area (Å²) in [6.45, 7) is 0. The third-order valence-corrected chi connectivity index (χ3v) is 7.54. The molecule has 0 amide bonds. The molecule has 1 aliphatic heterocycles. The largest absolute Gasteiger partial charge is 0.309 e. The van der Waals surface area contributed by atoms with Gasteiger partial charge in [0.2, 0.25) is 0 Å². The van der Waals surface area contributed by atoms with E-state index in [4.69, 9.17) is 4.98 Å². The Morgan fingerprint density at radius 3 is 2.11 bits per heavy atom. The number of benzene rings is 5. The summed E-state index contributed by atoms with van der Waals surface area (Å²) in [6, 6.07) is 45.4. The lowest BCUT2D eigenvalue weighted by Crippen LogP contribution is -1.97. The number of nitrogens with zero attached hydrogens (tertiary/aromatic N) is 3. The minimum atomic E-state index is 0.853. The monoisotopic (exact) mass is 473 g/mol. The van der Waals surface area contributed by atoms with E-state index in [9.17, 15) is 0 Å². The lowest BCUT2D eigenvalue weighted by molar-refractivity contribution is 1.00. The highest BCUT2D eigenvalue weighted by Gasteiger charge is 2.27. The molecule has 1 aliphatic rings. The molecule has 0 saturated carbocycles. The van der Waals surface area contributed by atoms with Crippen molar-refractivity contribution in [2.75, 3.05) is 0 Å². The van der Waals surface area contributed by atoms with Gasteiger partial charge in [-0.3, -0.25) is 4.57 Å². The highest BCUT2D eigenvalue weighted by molar-refractivity contribution is 6.10. The van der Waals surface area contributed by atoms with Gasteiger partial charge in [-0.05, 0) is 42.0 Å². The smallest absolute Gasteiger partial charge is 0.119 e. The maximum Gasteiger partial charge on any atom is 0.119 e. The molecule has 0 saturated heterocycles. The van der Waals surface area contributed by atoms with Gasteiger partial charge < -0.3 is 4.57 Å². The standard InChI is InChI=1S/C34H23N3/c1-3-11-23(12-4-1)33-34(37-29-17-9-7-13-24(29)22-32(37)35-33)25-19-20-31-28(21-25)27-16-8-10-18-30(27)36(31)26-14-5-2-6-15-26/h1-21H,22H2. The maximum atomic E-state index is 5.21. The van der Waals surface area contributed by atoms with Gasteiger partial charge in [0.1, 0.15) is 5.82 Å². The van der Waals surface area contributed by atoms with Crippen molar-refractivity contribution in [2.24, 2.45) is 0 Å². The Kier molecular flexibility index (Phi) is 4.29. The van der Waals surface area contributed by atoms with Crippen molar-refractivity contribution in [3.05, 3.63) is 139 Å². The van der Waals surface area contributed by atoms with Crippen molar-refractivity contribution in [1.82, 2.24) is 14.1 Å². The number of imidazole rings is 1. The molecule has 8 rings (SSSR count). The minimum Gasteiger partial charge on any atom is -0.309 e. The molecule has 5 aromatic carbocycles. The van der Waals surface area contributed by atoms with E-state index in [0.29, 0.717) is 0 Å². The quantitative estimate of drug-likeness (QED) is 0.253. The van der Waals surface area contributed by atoms with Crippen LogP contribution in [-0.4, -0.2) is 14.1 Å². The van der Waals surface area contributed by atoms with Crippen LogP contribution in [0.25, 0.3) is 55.7 Å². The van der Waals surface area contributed by atoms with Crippen LogP contribution in [0.15, 0.2) is 127 Å². The van der Waals surface area contributed by atoms with Crippen LogP contribution in [0.4, 0.5) is 0 Å². The minimum absolute atomic E-state index is 0.853. The van der Waals surface area contributed by atoms with E-state index in [1.54, 1.807) is 0 Å². The van der Waals surface area contributed by atoms with Gasteiger partial charge >= 0.3 is 0 Å². The van der Waals surface area contributed by atoms with Gasteiger partial charge in [-0.2, -0.15) is 0 Å². The number of rotatable bonds is 3. The second kappa shape index (κ2) is 7.81. The molecule has 0 aliphatic carbocycles. The van der Waals surface area contributed by atoms with Crippen LogP contribution in [0.3, 0.4) is 0 Å². The summed E-state index contributed by atoms with van der Waals surface area (Å²) >= 11 is 0. The fourth-order valence-corrected chi connectivity index (χ4v) is 5.93. The second-order valence-electron chi connectivity index (χ2n) is 9.65. The van der Waals surface area contributed by atoms with Gasteiger partial charge in [0, 0.05) is 34.0 Å². The van der Waals surface area contributed by atoms with Gasteiger partial charge in [0.05, 0.1) is 28.1 Å². The van der Waals surface area contributed by atoms with Crippen molar-refractivity contribution >= 4 is 21.8 Å². The Morgan fingerprint density at radius 1 is 0.541 bits per heavy atom. The molecular formula is C34H23N3. The van der Waals surface area contributed by atoms with Crippen molar-refractivity contribution < 1.29 is 0 Å². The lowest BCUT2D eigenvalue weighted by Gasteiger charge is -2.12. The fraction of sp³-hybridized carbons (Fsp3) is 0.0294.